The molecule has 1 amide bonds. The number of aromatic nitrogens is 4. The van der Waals surface area contributed by atoms with Gasteiger partial charge >= 0.3 is 0 Å². The van der Waals surface area contributed by atoms with Crippen LogP contribution in [0.1, 0.15) is 18.9 Å². The van der Waals surface area contributed by atoms with Gasteiger partial charge in [0.15, 0.2) is 11.2 Å². The number of fused-ring (bicyclic) bond motifs is 2. The van der Waals surface area contributed by atoms with Gasteiger partial charge in [-0.25, -0.2) is 9.98 Å². The molecule has 1 unspecified atom stereocenters. The van der Waals surface area contributed by atoms with E-state index in [1.54, 1.807) is 12.1 Å². The maximum Gasteiger partial charge on any atom is 0.280 e. The maximum absolute atomic E-state index is 13.1. The second-order valence-electron chi connectivity index (χ2n) is 9.18. The number of amides is 1. The Kier molecular flexibility index (Phi) is 4.66. The van der Waals surface area contributed by atoms with Crippen molar-refractivity contribution in [1.82, 2.24) is 24.2 Å². The Hall–Kier alpha value is -3.79. The lowest BCUT2D eigenvalue weighted by Gasteiger charge is -2.17. The van der Waals surface area contributed by atoms with Crippen LogP contribution in [0.5, 0.6) is 0 Å². The summed E-state index contributed by atoms with van der Waals surface area (Å²) >= 11 is 0. The molecule has 3 aromatic rings. The number of anilines is 1. The third-order valence-corrected chi connectivity index (χ3v) is 6.98. The standard InChI is InChI=1S/C24H25N7O3/c1-13(32)26-24-28-21-20(29(24)2)23(33)31(12-25-21)11-18-27-22(30(3)34-18)19-16-9-15(10-17(16)19)14-7-5-4-6-8-14/h4-9,12,16-17,19,22H,10-11H2,1-3H3,(H,26,28,32)/t16-,17+,19+,22?/m1/s1. The van der Waals surface area contributed by atoms with Gasteiger partial charge in [0, 0.05) is 26.9 Å². The molecule has 10 heteroatoms. The zero-order valence-corrected chi connectivity index (χ0v) is 19.2. The van der Waals surface area contributed by atoms with Gasteiger partial charge < -0.3 is 9.40 Å². The quantitative estimate of drug-likeness (QED) is 0.626. The van der Waals surface area contributed by atoms with E-state index in [2.05, 4.69) is 45.6 Å². The van der Waals surface area contributed by atoms with E-state index in [0.29, 0.717) is 29.2 Å². The van der Waals surface area contributed by atoms with E-state index in [-0.39, 0.29) is 35.8 Å². The van der Waals surface area contributed by atoms with E-state index >= 15 is 0 Å². The SMILES string of the molecule is CC(=O)Nc1nc2ncn(CC3=NC([C@H]4[C@@H]5C=C(c6ccccc6)C[C@@H]54)N(C)O3)c(=O)c2n1C. The minimum Gasteiger partial charge on any atom is -0.387 e. The predicted octanol–water partition coefficient (Wildman–Crippen LogP) is 2.04. The molecule has 0 saturated heterocycles. The number of benzene rings is 1. The first-order chi connectivity index (χ1) is 16.4. The summed E-state index contributed by atoms with van der Waals surface area (Å²) in [5.41, 5.74) is 3.03. The van der Waals surface area contributed by atoms with Crippen LogP contribution in [0, 0.1) is 17.8 Å². The summed E-state index contributed by atoms with van der Waals surface area (Å²) in [4.78, 5) is 43.7. The lowest BCUT2D eigenvalue weighted by molar-refractivity contribution is -0.114. The Morgan fingerprint density at radius 1 is 1.24 bits per heavy atom. The molecule has 0 radical (unpaired) electrons. The number of carbonyl (C=O) groups excluding carboxylic acids is 1. The molecule has 1 saturated carbocycles. The summed E-state index contributed by atoms with van der Waals surface area (Å²) in [7, 11) is 3.56. The first-order valence-corrected chi connectivity index (χ1v) is 11.3. The fourth-order valence-corrected chi connectivity index (χ4v) is 5.30. The van der Waals surface area contributed by atoms with E-state index in [4.69, 9.17) is 9.83 Å². The molecule has 1 aromatic carbocycles. The van der Waals surface area contributed by atoms with Crippen molar-refractivity contribution in [2.75, 3.05) is 12.4 Å². The van der Waals surface area contributed by atoms with E-state index in [0.717, 1.165) is 6.42 Å². The Morgan fingerprint density at radius 2 is 2.03 bits per heavy atom. The van der Waals surface area contributed by atoms with Crippen LogP contribution in [0.3, 0.4) is 0 Å². The fraction of sp³-hybridized carbons (Fsp3) is 0.375. The van der Waals surface area contributed by atoms with Crippen molar-refractivity contribution in [3.63, 3.8) is 0 Å². The highest BCUT2D eigenvalue weighted by atomic mass is 16.7. The van der Waals surface area contributed by atoms with E-state index < -0.39 is 0 Å². The molecule has 4 atom stereocenters. The van der Waals surface area contributed by atoms with E-state index in [9.17, 15) is 9.59 Å². The summed E-state index contributed by atoms with van der Waals surface area (Å²) in [6.07, 6.45) is 4.83. The number of hydrogen-bond acceptors (Lipinski definition) is 7. The average Bonchev–Trinajstić information content (AvgIpc) is 3.12. The normalized spacial score (nSPS) is 25.6. The first kappa shape index (κ1) is 20.8. The number of nitrogens with zero attached hydrogens (tertiary/aromatic N) is 6. The minimum atomic E-state index is -0.271. The van der Waals surface area contributed by atoms with E-state index in [1.165, 1.54) is 33.5 Å². The Balaban J connectivity index is 1.20. The first-order valence-electron chi connectivity index (χ1n) is 11.3. The van der Waals surface area contributed by atoms with Gasteiger partial charge in [-0.15, -0.1) is 5.06 Å². The van der Waals surface area contributed by atoms with Gasteiger partial charge in [-0.1, -0.05) is 36.4 Å². The number of aliphatic imine (C=N–C) groups is 1. The number of allylic oxidation sites excluding steroid dienone is 2. The molecular weight excluding hydrogens is 434 g/mol. The molecular formula is C24H25N7O3. The maximum atomic E-state index is 13.1. The van der Waals surface area contributed by atoms with Crippen molar-refractivity contribution in [1.29, 1.82) is 0 Å². The summed E-state index contributed by atoms with van der Waals surface area (Å²) < 4.78 is 2.99. The van der Waals surface area contributed by atoms with Crippen molar-refractivity contribution in [3.8, 4) is 0 Å². The van der Waals surface area contributed by atoms with Crippen LogP contribution < -0.4 is 10.9 Å². The largest absolute Gasteiger partial charge is 0.387 e. The molecule has 1 aliphatic heterocycles. The smallest absolute Gasteiger partial charge is 0.280 e. The Morgan fingerprint density at radius 3 is 2.74 bits per heavy atom. The number of hydrogen-bond donors (Lipinski definition) is 1. The topological polar surface area (TPSA) is 107 Å². The van der Waals surface area contributed by atoms with Crippen LogP contribution >= 0.6 is 0 Å². The third kappa shape index (κ3) is 3.33. The van der Waals surface area contributed by atoms with Gasteiger partial charge in [-0.3, -0.25) is 19.5 Å². The van der Waals surface area contributed by atoms with Crippen molar-refractivity contribution >= 4 is 34.5 Å². The fourth-order valence-electron chi connectivity index (χ4n) is 5.30. The molecule has 1 N–H and O–H groups in total. The number of aryl methyl sites for hydroxylation is 1. The average molecular weight is 460 g/mol. The predicted molar refractivity (Wildman–Crippen MR) is 127 cm³/mol. The molecule has 0 bridgehead atoms. The van der Waals surface area contributed by atoms with Crippen LogP contribution in [0.15, 0.2) is 52.5 Å². The lowest BCUT2D eigenvalue weighted by Crippen LogP contribution is -2.29. The highest BCUT2D eigenvalue weighted by Crippen LogP contribution is 2.60. The number of hydroxylamine groups is 2. The Bertz CT molecular complexity index is 1420. The van der Waals surface area contributed by atoms with Crippen LogP contribution in [0.25, 0.3) is 16.7 Å². The summed E-state index contributed by atoms with van der Waals surface area (Å²) in [6, 6.07) is 10.5. The van der Waals surface area contributed by atoms with E-state index in [1.807, 2.05) is 13.1 Å². The second kappa shape index (κ2) is 7.63. The van der Waals surface area contributed by atoms with Crippen LogP contribution in [-0.2, 0) is 23.2 Å². The van der Waals surface area contributed by atoms with Gasteiger partial charge in [-0.2, -0.15) is 4.98 Å². The molecule has 6 rings (SSSR count). The number of imidazole rings is 1. The van der Waals surface area contributed by atoms with Crippen molar-refractivity contribution in [2.24, 2.45) is 29.8 Å². The molecule has 174 valence electrons. The lowest BCUT2D eigenvalue weighted by atomic mass is 10.0. The van der Waals surface area contributed by atoms with Gasteiger partial charge in [0.25, 0.3) is 5.56 Å². The summed E-state index contributed by atoms with van der Waals surface area (Å²) in [5.74, 6) is 2.01. The summed E-state index contributed by atoms with van der Waals surface area (Å²) in [5, 5.41) is 4.41. The van der Waals surface area contributed by atoms with Crippen molar-refractivity contribution < 1.29 is 9.63 Å². The molecule has 1 fully saturated rings. The summed E-state index contributed by atoms with van der Waals surface area (Å²) in [6.45, 7) is 1.57. The van der Waals surface area contributed by atoms with Crippen molar-refractivity contribution in [3.05, 3.63) is 58.7 Å². The van der Waals surface area contributed by atoms with Crippen LogP contribution in [0.2, 0.25) is 0 Å². The monoisotopic (exact) mass is 459 g/mol. The Labute approximate surface area is 195 Å². The third-order valence-electron chi connectivity index (χ3n) is 6.98. The molecule has 2 aliphatic carbocycles. The molecule has 2 aromatic heterocycles. The minimum absolute atomic E-state index is 0.0611. The van der Waals surface area contributed by atoms with Crippen LogP contribution in [-0.4, -0.2) is 49.2 Å². The van der Waals surface area contributed by atoms with Crippen molar-refractivity contribution in [2.45, 2.75) is 26.1 Å². The number of nitrogens with one attached hydrogen (secondary N) is 1. The van der Waals surface area contributed by atoms with Gasteiger partial charge in [-0.05, 0) is 29.4 Å². The zero-order valence-electron chi connectivity index (χ0n) is 19.2. The van der Waals surface area contributed by atoms with Crippen LogP contribution in [0.4, 0.5) is 5.95 Å². The molecule has 0 spiro atoms. The second-order valence-corrected chi connectivity index (χ2v) is 9.18. The van der Waals surface area contributed by atoms with Gasteiger partial charge in [0.1, 0.15) is 19.0 Å². The zero-order chi connectivity index (χ0) is 23.6. The molecule has 3 heterocycles. The van der Waals surface area contributed by atoms with Gasteiger partial charge in [0.05, 0.1) is 0 Å². The number of rotatable bonds is 5. The molecule has 3 aliphatic rings. The molecule has 10 nitrogen and oxygen atoms in total. The highest BCUT2D eigenvalue weighted by Gasteiger charge is 2.58. The van der Waals surface area contributed by atoms with Gasteiger partial charge in [0.2, 0.25) is 17.8 Å². The molecule has 34 heavy (non-hydrogen) atoms. The highest BCUT2D eigenvalue weighted by molar-refractivity contribution is 5.89. The number of carbonyl (C=O) groups is 1.